The van der Waals surface area contributed by atoms with E-state index in [0.717, 1.165) is 14.7 Å². The zero-order valence-electron chi connectivity index (χ0n) is 16.2. The Morgan fingerprint density at radius 3 is 2.47 bits per heavy atom. The largest absolute Gasteiger partial charge is 0.272 e. The maximum Gasteiger partial charge on any atom is 0.255 e. The number of nitrogens with one attached hydrogen (secondary N) is 1. The summed E-state index contributed by atoms with van der Waals surface area (Å²) in [6.07, 6.45) is 1.49. The molecule has 0 aliphatic heterocycles. The van der Waals surface area contributed by atoms with E-state index >= 15 is 0 Å². The summed E-state index contributed by atoms with van der Waals surface area (Å²) < 4.78 is 40.6. The van der Waals surface area contributed by atoms with Gasteiger partial charge in [0.25, 0.3) is 5.91 Å². The van der Waals surface area contributed by atoms with Crippen molar-refractivity contribution in [3.63, 3.8) is 0 Å². The second kappa shape index (κ2) is 9.75. The first-order valence-electron chi connectivity index (χ1n) is 9.01. The number of halogens is 1. The predicted octanol–water partition coefficient (Wildman–Crippen LogP) is 3.54. The summed E-state index contributed by atoms with van der Waals surface area (Å²) >= 11 is 1.46. The molecular weight excluding hydrogens is 425 g/mol. The summed E-state index contributed by atoms with van der Waals surface area (Å²) in [4.78, 5) is 13.3. The molecule has 0 bridgehead atoms. The van der Waals surface area contributed by atoms with E-state index in [-0.39, 0.29) is 11.4 Å². The molecule has 0 radical (unpaired) electrons. The highest BCUT2D eigenvalue weighted by Gasteiger charge is 2.27. The smallest absolute Gasteiger partial charge is 0.255 e. The molecule has 0 aliphatic carbocycles. The zero-order chi connectivity index (χ0) is 21.6. The normalized spacial score (nSPS) is 11.8. The molecule has 0 aliphatic rings. The van der Waals surface area contributed by atoms with Crippen LogP contribution in [-0.2, 0) is 21.4 Å². The first kappa shape index (κ1) is 21.8. The summed E-state index contributed by atoms with van der Waals surface area (Å²) in [5.41, 5.74) is 3.82. The van der Waals surface area contributed by atoms with Crippen LogP contribution in [0.3, 0.4) is 0 Å². The maximum absolute atomic E-state index is 13.2. The van der Waals surface area contributed by atoms with Crippen molar-refractivity contribution in [2.75, 3.05) is 6.54 Å². The molecule has 0 unspecified atom stereocenters. The highest BCUT2D eigenvalue weighted by atomic mass is 32.2. The molecule has 1 N–H and O–H groups in total. The standard InChI is InChI=1S/C21H20FN3O3S2/c1-16-4-10-20(11-5-16)30(27,28)25(14-17-6-8-18(22)9-7-17)15-21(26)24-23-13-19-3-2-12-29-19/h2-13H,14-15H2,1H3,(H,24,26)/b23-13-. The third kappa shape index (κ3) is 5.82. The topological polar surface area (TPSA) is 78.8 Å². The van der Waals surface area contributed by atoms with E-state index in [2.05, 4.69) is 10.5 Å². The number of carbonyl (C=O) groups excluding carboxylic acids is 1. The molecule has 0 spiro atoms. The lowest BCUT2D eigenvalue weighted by atomic mass is 10.2. The van der Waals surface area contributed by atoms with E-state index in [1.807, 2.05) is 24.4 Å². The zero-order valence-corrected chi connectivity index (χ0v) is 17.8. The van der Waals surface area contributed by atoms with Gasteiger partial charge in [0.05, 0.1) is 17.7 Å². The molecule has 3 rings (SSSR count). The van der Waals surface area contributed by atoms with E-state index < -0.39 is 28.3 Å². The molecule has 6 nitrogen and oxygen atoms in total. The number of hydrogen-bond donors (Lipinski definition) is 1. The van der Waals surface area contributed by atoms with E-state index in [4.69, 9.17) is 0 Å². The van der Waals surface area contributed by atoms with Crippen LogP contribution in [0.2, 0.25) is 0 Å². The predicted molar refractivity (Wildman–Crippen MR) is 115 cm³/mol. The second-order valence-corrected chi connectivity index (χ2v) is 9.44. The number of carbonyl (C=O) groups is 1. The SMILES string of the molecule is Cc1ccc(S(=O)(=O)N(CC(=O)N/N=C\c2cccs2)Cc2ccc(F)cc2)cc1. The summed E-state index contributed by atoms with van der Waals surface area (Å²) in [5.74, 6) is -1.01. The minimum Gasteiger partial charge on any atom is -0.272 e. The number of amides is 1. The van der Waals surface area contributed by atoms with Crippen LogP contribution in [0.1, 0.15) is 16.0 Å². The Labute approximate surface area is 178 Å². The van der Waals surface area contributed by atoms with Crippen molar-refractivity contribution in [3.05, 3.63) is 87.9 Å². The van der Waals surface area contributed by atoms with Crippen molar-refractivity contribution in [2.24, 2.45) is 5.10 Å². The van der Waals surface area contributed by atoms with Crippen LogP contribution < -0.4 is 5.43 Å². The maximum atomic E-state index is 13.2. The summed E-state index contributed by atoms with van der Waals surface area (Å²) in [7, 11) is -3.96. The third-order valence-electron chi connectivity index (χ3n) is 4.18. The molecule has 0 saturated heterocycles. The van der Waals surface area contributed by atoms with Crippen LogP contribution in [0.15, 0.2) is 76.0 Å². The Balaban J connectivity index is 1.80. The molecule has 1 heterocycles. The number of sulfonamides is 1. The van der Waals surface area contributed by atoms with Crippen molar-refractivity contribution in [3.8, 4) is 0 Å². The number of hydrogen-bond acceptors (Lipinski definition) is 5. The highest BCUT2D eigenvalue weighted by Crippen LogP contribution is 2.19. The van der Waals surface area contributed by atoms with Gasteiger partial charge in [-0.1, -0.05) is 35.9 Å². The van der Waals surface area contributed by atoms with Gasteiger partial charge in [0, 0.05) is 11.4 Å². The van der Waals surface area contributed by atoms with Gasteiger partial charge in [0.1, 0.15) is 5.82 Å². The van der Waals surface area contributed by atoms with Gasteiger partial charge in [0.2, 0.25) is 10.0 Å². The van der Waals surface area contributed by atoms with Crippen LogP contribution in [0, 0.1) is 12.7 Å². The number of aryl methyl sites for hydroxylation is 1. The van der Waals surface area contributed by atoms with Crippen LogP contribution in [0.4, 0.5) is 4.39 Å². The van der Waals surface area contributed by atoms with Gasteiger partial charge in [-0.25, -0.2) is 18.2 Å². The van der Waals surface area contributed by atoms with Crippen molar-refractivity contribution < 1.29 is 17.6 Å². The van der Waals surface area contributed by atoms with Crippen LogP contribution in [0.5, 0.6) is 0 Å². The Kier molecular flexibility index (Phi) is 7.09. The lowest BCUT2D eigenvalue weighted by Gasteiger charge is -2.21. The number of nitrogens with zero attached hydrogens (tertiary/aromatic N) is 2. The molecule has 1 amide bonds. The van der Waals surface area contributed by atoms with Crippen LogP contribution in [-0.4, -0.2) is 31.4 Å². The fourth-order valence-corrected chi connectivity index (χ4v) is 4.58. The van der Waals surface area contributed by atoms with Gasteiger partial charge < -0.3 is 0 Å². The van der Waals surface area contributed by atoms with Crippen molar-refractivity contribution in [2.45, 2.75) is 18.4 Å². The quantitative estimate of drug-likeness (QED) is 0.426. The van der Waals surface area contributed by atoms with E-state index in [0.29, 0.717) is 5.56 Å². The highest BCUT2D eigenvalue weighted by molar-refractivity contribution is 7.89. The van der Waals surface area contributed by atoms with E-state index in [1.54, 1.807) is 12.1 Å². The van der Waals surface area contributed by atoms with Crippen molar-refractivity contribution in [1.29, 1.82) is 0 Å². The van der Waals surface area contributed by atoms with Crippen LogP contribution >= 0.6 is 11.3 Å². The molecule has 2 aromatic carbocycles. The van der Waals surface area contributed by atoms with Gasteiger partial charge in [0.15, 0.2) is 0 Å². The third-order valence-corrected chi connectivity index (χ3v) is 6.79. The first-order valence-corrected chi connectivity index (χ1v) is 11.3. The average Bonchev–Trinajstić information content (AvgIpc) is 3.23. The molecule has 9 heteroatoms. The fraction of sp³-hybridized carbons (Fsp3) is 0.143. The van der Waals surface area contributed by atoms with Crippen molar-refractivity contribution >= 4 is 33.5 Å². The Hall–Kier alpha value is -2.88. The number of hydrazone groups is 1. The van der Waals surface area contributed by atoms with E-state index in [9.17, 15) is 17.6 Å². The summed E-state index contributed by atoms with van der Waals surface area (Å²) in [6, 6.07) is 15.5. The van der Waals surface area contributed by atoms with Gasteiger partial charge in [-0.05, 0) is 48.2 Å². The van der Waals surface area contributed by atoms with Gasteiger partial charge in [-0.15, -0.1) is 11.3 Å². The average molecular weight is 446 g/mol. The fourth-order valence-electron chi connectivity index (χ4n) is 2.61. The van der Waals surface area contributed by atoms with Gasteiger partial charge in [-0.2, -0.15) is 9.41 Å². The summed E-state index contributed by atoms with van der Waals surface area (Å²) in [5, 5.41) is 5.74. The molecule has 3 aromatic rings. The number of benzene rings is 2. The monoisotopic (exact) mass is 445 g/mol. The lowest BCUT2D eigenvalue weighted by Crippen LogP contribution is -2.39. The molecule has 156 valence electrons. The Morgan fingerprint density at radius 1 is 1.13 bits per heavy atom. The molecular formula is C21H20FN3O3S2. The van der Waals surface area contributed by atoms with Gasteiger partial charge in [-0.3, -0.25) is 4.79 Å². The molecule has 0 atom stereocenters. The molecule has 0 fully saturated rings. The first-order chi connectivity index (χ1) is 14.3. The number of thiophene rings is 1. The van der Waals surface area contributed by atoms with Crippen LogP contribution in [0.25, 0.3) is 0 Å². The Morgan fingerprint density at radius 2 is 1.83 bits per heavy atom. The van der Waals surface area contributed by atoms with Crippen molar-refractivity contribution in [1.82, 2.24) is 9.73 Å². The number of rotatable bonds is 8. The summed E-state index contributed by atoms with van der Waals surface area (Å²) in [6.45, 7) is 1.33. The minimum absolute atomic E-state index is 0.0742. The molecule has 30 heavy (non-hydrogen) atoms. The van der Waals surface area contributed by atoms with Gasteiger partial charge >= 0.3 is 0 Å². The molecule has 1 aromatic heterocycles. The molecule has 0 saturated carbocycles. The minimum atomic E-state index is -3.96. The second-order valence-electron chi connectivity index (χ2n) is 6.52. The van der Waals surface area contributed by atoms with E-state index in [1.165, 1.54) is 53.9 Å². The Bertz CT molecular complexity index is 1110. The lowest BCUT2D eigenvalue weighted by molar-refractivity contribution is -0.121.